The molecule has 2 heterocycles. The molecule has 1 N–H and O–H groups in total. The molecule has 0 aliphatic carbocycles. The first-order chi connectivity index (χ1) is 10.3. The summed E-state index contributed by atoms with van der Waals surface area (Å²) >= 11 is 0. The van der Waals surface area contributed by atoms with E-state index in [0.29, 0.717) is 31.1 Å². The maximum Gasteiger partial charge on any atom is 0.323 e. The van der Waals surface area contributed by atoms with E-state index in [1.54, 1.807) is 30.4 Å². The lowest BCUT2D eigenvalue weighted by atomic mass is 10.5. The van der Waals surface area contributed by atoms with Crippen LogP contribution in [0, 0.1) is 0 Å². The second kappa shape index (κ2) is 8.15. The standard InChI is InChI=1S/C13H20N6O2/c1-3-5-15-11-16-12(19-7-6-14-10-19)18-13(17-11)21-9-4-8-20-2/h6-7,10H,3-5,8-9H2,1-2H3,(H,15,16,17,18). The first-order valence-electron chi connectivity index (χ1n) is 6.93. The number of imidazole rings is 1. The number of rotatable bonds is 9. The maximum atomic E-state index is 5.55. The van der Waals surface area contributed by atoms with Crippen LogP contribution in [-0.2, 0) is 4.74 Å². The van der Waals surface area contributed by atoms with Crippen LogP contribution < -0.4 is 10.1 Å². The highest BCUT2D eigenvalue weighted by atomic mass is 16.5. The zero-order chi connectivity index (χ0) is 14.9. The fourth-order valence-corrected chi connectivity index (χ4v) is 1.59. The Morgan fingerprint density at radius 1 is 1.24 bits per heavy atom. The Labute approximate surface area is 123 Å². The molecular formula is C13H20N6O2. The van der Waals surface area contributed by atoms with Crippen LogP contribution in [0.4, 0.5) is 5.95 Å². The van der Waals surface area contributed by atoms with Gasteiger partial charge in [0, 0.05) is 39.1 Å². The summed E-state index contributed by atoms with van der Waals surface area (Å²) in [6, 6.07) is 0.295. The summed E-state index contributed by atoms with van der Waals surface area (Å²) in [4.78, 5) is 16.9. The summed E-state index contributed by atoms with van der Waals surface area (Å²) < 4.78 is 12.2. The Hall–Kier alpha value is -2.22. The van der Waals surface area contributed by atoms with Gasteiger partial charge in [0.1, 0.15) is 6.33 Å². The molecule has 8 nitrogen and oxygen atoms in total. The minimum atomic E-state index is 0.295. The monoisotopic (exact) mass is 292 g/mol. The number of nitrogens with one attached hydrogen (secondary N) is 1. The van der Waals surface area contributed by atoms with Crippen LogP contribution in [0.2, 0.25) is 0 Å². The van der Waals surface area contributed by atoms with Crippen molar-refractivity contribution in [1.82, 2.24) is 24.5 Å². The smallest absolute Gasteiger partial charge is 0.323 e. The van der Waals surface area contributed by atoms with E-state index in [1.165, 1.54) is 0 Å². The summed E-state index contributed by atoms with van der Waals surface area (Å²) in [6.45, 7) is 4.00. The fraction of sp³-hybridized carbons (Fsp3) is 0.538. The van der Waals surface area contributed by atoms with E-state index in [-0.39, 0.29) is 0 Å². The zero-order valence-corrected chi connectivity index (χ0v) is 12.3. The molecule has 0 atom stereocenters. The number of methoxy groups -OCH3 is 1. The molecule has 0 radical (unpaired) electrons. The molecule has 0 aromatic carbocycles. The van der Waals surface area contributed by atoms with E-state index in [4.69, 9.17) is 9.47 Å². The van der Waals surface area contributed by atoms with E-state index in [1.807, 2.05) is 0 Å². The molecule has 0 aliphatic rings. The van der Waals surface area contributed by atoms with Crippen molar-refractivity contribution in [3.63, 3.8) is 0 Å². The molecule has 21 heavy (non-hydrogen) atoms. The third-order valence-corrected chi connectivity index (χ3v) is 2.60. The number of nitrogens with zero attached hydrogens (tertiary/aromatic N) is 5. The predicted molar refractivity (Wildman–Crippen MR) is 77.7 cm³/mol. The van der Waals surface area contributed by atoms with Crippen molar-refractivity contribution in [3.05, 3.63) is 18.7 Å². The van der Waals surface area contributed by atoms with Gasteiger partial charge in [0.2, 0.25) is 11.9 Å². The minimum Gasteiger partial charge on any atom is -0.463 e. The van der Waals surface area contributed by atoms with Crippen molar-refractivity contribution in [3.8, 4) is 12.0 Å². The Balaban J connectivity index is 2.12. The van der Waals surface area contributed by atoms with Gasteiger partial charge >= 0.3 is 6.01 Å². The van der Waals surface area contributed by atoms with Crippen molar-refractivity contribution < 1.29 is 9.47 Å². The Morgan fingerprint density at radius 3 is 2.86 bits per heavy atom. The molecule has 2 aromatic heterocycles. The summed E-state index contributed by atoms with van der Waals surface area (Å²) in [5.74, 6) is 0.972. The molecule has 114 valence electrons. The van der Waals surface area contributed by atoms with Crippen LogP contribution in [0.5, 0.6) is 6.01 Å². The third-order valence-electron chi connectivity index (χ3n) is 2.60. The van der Waals surface area contributed by atoms with Gasteiger partial charge in [0.15, 0.2) is 0 Å². The van der Waals surface area contributed by atoms with Crippen LogP contribution in [0.15, 0.2) is 18.7 Å². The van der Waals surface area contributed by atoms with Gasteiger partial charge in [-0.25, -0.2) is 4.98 Å². The van der Waals surface area contributed by atoms with Crippen LogP contribution in [0.3, 0.4) is 0 Å². The van der Waals surface area contributed by atoms with Gasteiger partial charge in [-0.1, -0.05) is 6.92 Å². The highest BCUT2D eigenvalue weighted by Gasteiger charge is 2.08. The third kappa shape index (κ3) is 4.67. The lowest BCUT2D eigenvalue weighted by Gasteiger charge is -2.09. The Bertz CT molecular complexity index is 531. The van der Waals surface area contributed by atoms with Crippen molar-refractivity contribution in [2.24, 2.45) is 0 Å². The summed E-state index contributed by atoms with van der Waals surface area (Å²) in [7, 11) is 1.66. The molecule has 8 heteroatoms. The number of hydrogen-bond acceptors (Lipinski definition) is 7. The molecule has 0 saturated carbocycles. The van der Waals surface area contributed by atoms with Gasteiger partial charge in [0.25, 0.3) is 0 Å². The highest BCUT2D eigenvalue weighted by molar-refractivity contribution is 5.30. The molecule has 0 spiro atoms. The Kier molecular flexibility index (Phi) is 5.89. The second-order valence-electron chi connectivity index (χ2n) is 4.33. The molecule has 0 bridgehead atoms. The average molecular weight is 292 g/mol. The quantitative estimate of drug-likeness (QED) is 0.697. The maximum absolute atomic E-state index is 5.55. The Morgan fingerprint density at radius 2 is 2.14 bits per heavy atom. The topological polar surface area (TPSA) is 87.0 Å². The van der Waals surface area contributed by atoms with Gasteiger partial charge in [0.05, 0.1) is 6.61 Å². The molecule has 0 aliphatic heterocycles. The summed E-state index contributed by atoms with van der Waals surface area (Å²) in [5.41, 5.74) is 0. The molecule has 2 rings (SSSR count). The predicted octanol–water partition coefficient (Wildman–Crippen LogP) is 1.29. The van der Waals surface area contributed by atoms with Crippen LogP contribution in [0.25, 0.3) is 5.95 Å². The van der Waals surface area contributed by atoms with E-state index in [2.05, 4.69) is 32.2 Å². The van der Waals surface area contributed by atoms with Gasteiger partial charge < -0.3 is 14.8 Å². The molecule has 0 fully saturated rings. The molecule has 0 amide bonds. The van der Waals surface area contributed by atoms with E-state index in [9.17, 15) is 0 Å². The van der Waals surface area contributed by atoms with Crippen LogP contribution >= 0.6 is 0 Å². The second-order valence-corrected chi connectivity index (χ2v) is 4.33. The van der Waals surface area contributed by atoms with Gasteiger partial charge in [-0.3, -0.25) is 4.57 Å². The molecule has 0 saturated heterocycles. The van der Waals surface area contributed by atoms with Crippen LogP contribution in [0.1, 0.15) is 19.8 Å². The molecule has 0 unspecified atom stereocenters. The van der Waals surface area contributed by atoms with Crippen molar-refractivity contribution >= 4 is 5.95 Å². The van der Waals surface area contributed by atoms with E-state index < -0.39 is 0 Å². The number of anilines is 1. The summed E-state index contributed by atoms with van der Waals surface area (Å²) in [5, 5.41) is 3.14. The van der Waals surface area contributed by atoms with Gasteiger partial charge in [-0.2, -0.15) is 15.0 Å². The van der Waals surface area contributed by atoms with E-state index >= 15 is 0 Å². The highest BCUT2D eigenvalue weighted by Crippen LogP contribution is 2.11. The zero-order valence-electron chi connectivity index (χ0n) is 12.3. The summed E-state index contributed by atoms with van der Waals surface area (Å²) in [6.07, 6.45) is 6.83. The van der Waals surface area contributed by atoms with Gasteiger partial charge in [-0.05, 0) is 6.42 Å². The number of ether oxygens (including phenoxy) is 2. The van der Waals surface area contributed by atoms with Crippen molar-refractivity contribution in [2.75, 3.05) is 32.2 Å². The van der Waals surface area contributed by atoms with Crippen LogP contribution in [-0.4, -0.2) is 51.4 Å². The first kappa shape index (κ1) is 15.2. The minimum absolute atomic E-state index is 0.295. The molecule has 2 aromatic rings. The lowest BCUT2D eigenvalue weighted by molar-refractivity contribution is 0.168. The SMILES string of the molecule is CCCNc1nc(OCCCOC)nc(-n2ccnc2)n1. The van der Waals surface area contributed by atoms with Gasteiger partial charge in [-0.15, -0.1) is 0 Å². The lowest BCUT2D eigenvalue weighted by Crippen LogP contribution is -2.12. The largest absolute Gasteiger partial charge is 0.463 e. The average Bonchev–Trinajstić information content (AvgIpc) is 3.04. The first-order valence-corrected chi connectivity index (χ1v) is 6.93. The van der Waals surface area contributed by atoms with Crippen molar-refractivity contribution in [1.29, 1.82) is 0 Å². The molecular weight excluding hydrogens is 272 g/mol. The fourth-order valence-electron chi connectivity index (χ4n) is 1.59. The number of hydrogen-bond donors (Lipinski definition) is 1. The normalized spacial score (nSPS) is 10.6. The van der Waals surface area contributed by atoms with E-state index in [0.717, 1.165) is 19.4 Å². The van der Waals surface area contributed by atoms with Crippen molar-refractivity contribution in [2.45, 2.75) is 19.8 Å². The number of aromatic nitrogens is 5.